The highest BCUT2D eigenvalue weighted by atomic mass is 79.9. The highest BCUT2D eigenvalue weighted by molar-refractivity contribution is 9.10. The maximum atomic E-state index is 6.32. The smallest absolute Gasteiger partial charge is 0.192 e. The Labute approximate surface area is 137 Å². The molecule has 0 saturated heterocycles. The van der Waals surface area contributed by atoms with E-state index in [0.29, 0.717) is 6.61 Å². The van der Waals surface area contributed by atoms with Crippen LogP contribution < -0.4 is 5.32 Å². The summed E-state index contributed by atoms with van der Waals surface area (Å²) in [4.78, 5) is 0. The van der Waals surface area contributed by atoms with Gasteiger partial charge in [0.05, 0.1) is 17.3 Å². The first-order chi connectivity index (χ1) is 9.06. The molecule has 0 aromatic heterocycles. The van der Waals surface area contributed by atoms with Crippen molar-refractivity contribution in [3.63, 3.8) is 0 Å². The summed E-state index contributed by atoms with van der Waals surface area (Å²) in [6.07, 6.45) is 0. The molecule has 2 nitrogen and oxygen atoms in total. The molecular formula is C15H25BrClNOSi. The maximum absolute atomic E-state index is 6.32. The summed E-state index contributed by atoms with van der Waals surface area (Å²) in [5.74, 6) is 0. The van der Waals surface area contributed by atoms with Crippen molar-refractivity contribution in [1.29, 1.82) is 0 Å². The predicted octanol–water partition coefficient (Wildman–Crippen LogP) is 5.84. The van der Waals surface area contributed by atoms with E-state index in [2.05, 4.69) is 55.1 Å². The summed E-state index contributed by atoms with van der Waals surface area (Å²) < 4.78 is 7.17. The average molecular weight is 379 g/mol. The second kappa shape index (κ2) is 6.82. The van der Waals surface area contributed by atoms with Crippen LogP contribution in [-0.4, -0.2) is 21.5 Å². The van der Waals surface area contributed by atoms with E-state index in [9.17, 15) is 0 Å². The van der Waals surface area contributed by atoms with Gasteiger partial charge in [-0.05, 0) is 42.8 Å². The molecule has 0 aliphatic carbocycles. The highest BCUT2D eigenvalue weighted by Crippen LogP contribution is 2.36. The van der Waals surface area contributed by atoms with Gasteiger partial charge in [-0.2, -0.15) is 0 Å². The van der Waals surface area contributed by atoms with Gasteiger partial charge in [0, 0.05) is 11.0 Å². The number of halogens is 2. The van der Waals surface area contributed by atoms with Crippen molar-refractivity contribution < 1.29 is 4.43 Å². The molecule has 0 aliphatic heterocycles. The molecular weight excluding hydrogens is 354 g/mol. The van der Waals surface area contributed by atoms with Crippen molar-refractivity contribution in [2.24, 2.45) is 0 Å². The lowest BCUT2D eigenvalue weighted by Gasteiger charge is -2.36. The first kappa shape index (κ1) is 18.0. The first-order valence-electron chi connectivity index (χ1n) is 6.89. The number of hydrogen-bond acceptors (Lipinski definition) is 2. The Bertz CT molecular complexity index is 472. The lowest BCUT2D eigenvalue weighted by molar-refractivity contribution is 0.301. The molecule has 1 aromatic rings. The van der Waals surface area contributed by atoms with Crippen LogP contribution in [0.15, 0.2) is 16.6 Å². The van der Waals surface area contributed by atoms with Crippen molar-refractivity contribution in [2.75, 3.05) is 18.5 Å². The second-order valence-corrected chi connectivity index (χ2v) is 12.6. The Morgan fingerprint density at radius 3 is 2.45 bits per heavy atom. The Kier molecular flexibility index (Phi) is 6.14. The van der Waals surface area contributed by atoms with E-state index >= 15 is 0 Å². The van der Waals surface area contributed by atoms with Crippen LogP contribution in [0, 0.1) is 6.92 Å². The van der Waals surface area contributed by atoms with Gasteiger partial charge in [0.2, 0.25) is 0 Å². The largest absolute Gasteiger partial charge is 0.415 e. The lowest BCUT2D eigenvalue weighted by Crippen LogP contribution is -2.41. The fourth-order valence-corrected chi connectivity index (χ4v) is 3.23. The van der Waals surface area contributed by atoms with Crippen molar-refractivity contribution in [2.45, 2.75) is 45.8 Å². The zero-order valence-electron chi connectivity index (χ0n) is 13.2. The number of anilines is 1. The van der Waals surface area contributed by atoms with Gasteiger partial charge in [-0.1, -0.05) is 48.3 Å². The molecule has 0 aliphatic rings. The minimum absolute atomic E-state index is 0.249. The molecule has 0 heterocycles. The van der Waals surface area contributed by atoms with Crippen LogP contribution in [0.1, 0.15) is 26.3 Å². The van der Waals surface area contributed by atoms with Gasteiger partial charge in [0.15, 0.2) is 8.32 Å². The molecule has 0 atom stereocenters. The molecule has 5 heteroatoms. The third-order valence-electron chi connectivity index (χ3n) is 4.01. The maximum Gasteiger partial charge on any atom is 0.192 e. The summed E-state index contributed by atoms with van der Waals surface area (Å²) >= 11 is 9.79. The monoisotopic (exact) mass is 377 g/mol. The van der Waals surface area contributed by atoms with Crippen LogP contribution in [0.2, 0.25) is 23.2 Å². The molecule has 1 rings (SSSR count). The number of hydrogen-bond donors (Lipinski definition) is 1. The van der Waals surface area contributed by atoms with Crippen molar-refractivity contribution in [3.8, 4) is 0 Å². The van der Waals surface area contributed by atoms with Gasteiger partial charge in [0.1, 0.15) is 0 Å². The van der Waals surface area contributed by atoms with Crippen LogP contribution in [0.3, 0.4) is 0 Å². The van der Waals surface area contributed by atoms with Crippen molar-refractivity contribution in [3.05, 3.63) is 27.2 Å². The Morgan fingerprint density at radius 2 is 1.90 bits per heavy atom. The number of benzene rings is 1. The van der Waals surface area contributed by atoms with E-state index in [1.54, 1.807) is 0 Å². The SMILES string of the molecule is Cc1c(Br)ccc(NCCO[Si](C)(C)C(C)(C)C)c1Cl. The second-order valence-electron chi connectivity index (χ2n) is 6.57. The quantitative estimate of drug-likeness (QED) is 0.513. The standard InChI is InChI=1S/C15H25BrClNOSi/c1-11-12(16)7-8-13(14(11)17)18-9-10-19-20(5,6)15(2,3)4/h7-8,18H,9-10H2,1-6H3. The van der Waals surface area contributed by atoms with Gasteiger partial charge >= 0.3 is 0 Å². The van der Waals surface area contributed by atoms with Gasteiger partial charge in [-0.3, -0.25) is 0 Å². The molecule has 0 spiro atoms. The van der Waals surface area contributed by atoms with E-state index in [0.717, 1.165) is 27.3 Å². The van der Waals surface area contributed by atoms with Gasteiger partial charge in [-0.25, -0.2) is 0 Å². The average Bonchev–Trinajstić information content (AvgIpc) is 2.32. The Hall–Kier alpha value is -0.0331. The molecule has 1 aromatic carbocycles. The zero-order chi connectivity index (χ0) is 15.6. The van der Waals surface area contributed by atoms with Crippen LogP contribution in [0.5, 0.6) is 0 Å². The molecule has 0 radical (unpaired) electrons. The van der Waals surface area contributed by atoms with Crippen LogP contribution in [0.4, 0.5) is 5.69 Å². The molecule has 1 N–H and O–H groups in total. The number of nitrogens with one attached hydrogen (secondary N) is 1. The fourth-order valence-electron chi connectivity index (χ4n) is 1.51. The van der Waals surface area contributed by atoms with Crippen LogP contribution in [0.25, 0.3) is 0 Å². The van der Waals surface area contributed by atoms with E-state index in [-0.39, 0.29) is 5.04 Å². The Morgan fingerprint density at radius 1 is 1.30 bits per heavy atom. The molecule has 114 valence electrons. The van der Waals surface area contributed by atoms with Gasteiger partial charge in [0.25, 0.3) is 0 Å². The molecule has 0 unspecified atom stereocenters. The topological polar surface area (TPSA) is 21.3 Å². The minimum Gasteiger partial charge on any atom is -0.415 e. The third kappa shape index (κ3) is 4.48. The lowest BCUT2D eigenvalue weighted by atomic mass is 10.2. The first-order valence-corrected chi connectivity index (χ1v) is 11.0. The summed E-state index contributed by atoms with van der Waals surface area (Å²) in [6.45, 7) is 14.8. The van der Waals surface area contributed by atoms with Crippen LogP contribution >= 0.6 is 27.5 Å². The van der Waals surface area contributed by atoms with Crippen molar-refractivity contribution in [1.82, 2.24) is 0 Å². The number of rotatable bonds is 5. The zero-order valence-corrected chi connectivity index (χ0v) is 16.6. The summed E-state index contributed by atoms with van der Waals surface area (Å²) in [5, 5.41) is 4.37. The van der Waals surface area contributed by atoms with Crippen LogP contribution in [-0.2, 0) is 4.43 Å². The summed E-state index contributed by atoms with van der Waals surface area (Å²) in [6, 6.07) is 4.00. The molecule has 0 fully saturated rings. The van der Waals surface area contributed by atoms with E-state index < -0.39 is 8.32 Å². The van der Waals surface area contributed by atoms with E-state index in [4.69, 9.17) is 16.0 Å². The fraction of sp³-hybridized carbons (Fsp3) is 0.600. The highest BCUT2D eigenvalue weighted by Gasteiger charge is 2.36. The molecule has 0 bridgehead atoms. The van der Waals surface area contributed by atoms with E-state index in [1.165, 1.54) is 0 Å². The third-order valence-corrected chi connectivity index (χ3v) is 9.89. The minimum atomic E-state index is -1.66. The van der Waals surface area contributed by atoms with E-state index in [1.807, 2.05) is 19.1 Å². The van der Waals surface area contributed by atoms with Crippen molar-refractivity contribution >= 4 is 41.5 Å². The Balaban J connectivity index is 2.53. The summed E-state index contributed by atoms with van der Waals surface area (Å²) in [5.41, 5.74) is 2.02. The van der Waals surface area contributed by atoms with Gasteiger partial charge < -0.3 is 9.74 Å². The normalized spacial score (nSPS) is 12.6. The molecule has 0 amide bonds. The molecule has 20 heavy (non-hydrogen) atoms. The summed E-state index contributed by atoms with van der Waals surface area (Å²) in [7, 11) is -1.66. The molecule has 0 saturated carbocycles. The van der Waals surface area contributed by atoms with Gasteiger partial charge in [-0.15, -0.1) is 0 Å². The predicted molar refractivity (Wildman–Crippen MR) is 95.5 cm³/mol.